The Balaban J connectivity index is 2.21. The van der Waals surface area contributed by atoms with Crippen LogP contribution < -0.4 is 0 Å². The van der Waals surface area contributed by atoms with Crippen molar-refractivity contribution in [2.45, 2.75) is 256 Å². The van der Waals surface area contributed by atoms with Gasteiger partial charge in [-0.25, -0.2) is 0 Å². The van der Waals surface area contributed by atoms with Gasteiger partial charge in [0.25, 0.3) is 0 Å². The Kier molecular flexibility index (Phi) is 43.1. The van der Waals surface area contributed by atoms with Gasteiger partial charge in [-0.15, -0.1) is 0 Å². The summed E-state index contributed by atoms with van der Waals surface area (Å²) in [5.74, 6) is -0.320. The van der Waals surface area contributed by atoms with E-state index in [-0.39, 0.29) is 19.2 Å². The van der Waals surface area contributed by atoms with Crippen molar-refractivity contribution >= 4 is 5.97 Å². The maximum absolute atomic E-state index is 12.9. The van der Waals surface area contributed by atoms with Crippen LogP contribution in [-0.4, -0.2) is 89.6 Å². The molecule has 0 saturated carbocycles. The van der Waals surface area contributed by atoms with Crippen LogP contribution in [0.3, 0.4) is 0 Å². The summed E-state index contributed by atoms with van der Waals surface area (Å²) in [6, 6.07) is 0. The molecule has 1 fully saturated rings. The first kappa shape index (κ1) is 59.9. The summed E-state index contributed by atoms with van der Waals surface area (Å²) >= 11 is 0. The van der Waals surface area contributed by atoms with Crippen LogP contribution in [0.25, 0.3) is 0 Å². The first-order valence-corrected chi connectivity index (χ1v) is 26.4. The molecule has 1 rings (SSSR count). The van der Waals surface area contributed by atoms with E-state index in [0.717, 1.165) is 70.6 Å². The summed E-state index contributed by atoms with van der Waals surface area (Å²) < 4.78 is 22.9. The van der Waals surface area contributed by atoms with Crippen molar-refractivity contribution in [3.05, 3.63) is 60.8 Å². The zero-order valence-electron chi connectivity index (χ0n) is 41.0. The van der Waals surface area contributed by atoms with Gasteiger partial charge in [0.2, 0.25) is 0 Å². The van der Waals surface area contributed by atoms with Gasteiger partial charge in [0.1, 0.15) is 30.5 Å². The molecule has 1 aliphatic heterocycles. The van der Waals surface area contributed by atoms with E-state index < -0.39 is 43.4 Å². The Morgan fingerprint density at radius 1 is 0.516 bits per heavy atom. The number of carbonyl (C=O) groups excluding carboxylic acids is 1. The molecule has 1 heterocycles. The van der Waals surface area contributed by atoms with E-state index in [1.54, 1.807) is 0 Å². The van der Waals surface area contributed by atoms with Gasteiger partial charge in [0, 0.05) is 13.0 Å². The Hall–Kier alpha value is -2.11. The summed E-state index contributed by atoms with van der Waals surface area (Å²) in [5, 5.41) is 40.3. The van der Waals surface area contributed by atoms with Gasteiger partial charge in [-0.1, -0.05) is 197 Å². The quantitative estimate of drug-likeness (QED) is 0.0268. The standard InChI is InChI=1S/C55H98O9/c1-3-5-7-9-11-13-15-17-19-21-23-25-26-28-30-32-34-36-38-40-42-44-51(57)63-49(48-62-55-54(60)53(59)52(58)50(46-56)64-55)47-61-45-43-41-39-37-35-33-31-29-27-24-22-20-18-16-14-12-10-8-6-4-2/h6,8,12,14,18,20-21,23-24,27,49-50,52-56,58-60H,3-5,7,9-11,13,15-17,19,22,25-26,28-48H2,1-2H3/b8-6-,14-12-,20-18-,23-21-,27-24-. The molecule has 1 saturated heterocycles. The largest absolute Gasteiger partial charge is 0.457 e. The molecule has 0 aromatic carbocycles. The SMILES string of the molecule is CC/C=C\C/C=C\C/C=C\C/C=C\CCCCCCCCCOCC(COC1OC(CO)C(O)C(O)C1O)OC(=O)CCCCCCCCCCC/C=C\CCCCCCCCCC. The molecule has 372 valence electrons. The maximum atomic E-state index is 12.9. The van der Waals surface area contributed by atoms with Crippen LogP contribution in [0.2, 0.25) is 0 Å². The minimum atomic E-state index is -1.54. The molecule has 9 heteroatoms. The predicted molar refractivity (Wildman–Crippen MR) is 265 cm³/mol. The van der Waals surface area contributed by atoms with Gasteiger partial charge in [0.15, 0.2) is 6.29 Å². The number of esters is 1. The van der Waals surface area contributed by atoms with Crippen LogP contribution in [0.5, 0.6) is 0 Å². The predicted octanol–water partition coefficient (Wildman–Crippen LogP) is 13.0. The second kappa shape index (κ2) is 46.0. The van der Waals surface area contributed by atoms with Gasteiger partial charge in [-0.2, -0.15) is 0 Å². The number of allylic oxidation sites excluding steroid dienone is 10. The van der Waals surface area contributed by atoms with Crippen molar-refractivity contribution in [3.8, 4) is 0 Å². The molecule has 6 unspecified atom stereocenters. The molecule has 0 aromatic rings. The lowest BCUT2D eigenvalue weighted by atomic mass is 9.99. The molecule has 0 bridgehead atoms. The number of hydrogen-bond acceptors (Lipinski definition) is 9. The Labute approximate surface area is 392 Å². The van der Waals surface area contributed by atoms with Gasteiger partial charge >= 0.3 is 5.97 Å². The first-order valence-electron chi connectivity index (χ1n) is 26.4. The smallest absolute Gasteiger partial charge is 0.306 e. The van der Waals surface area contributed by atoms with Crippen molar-refractivity contribution in [3.63, 3.8) is 0 Å². The second-order valence-corrected chi connectivity index (χ2v) is 17.9. The van der Waals surface area contributed by atoms with Crippen LogP contribution >= 0.6 is 0 Å². The molecular weight excluding hydrogens is 805 g/mol. The van der Waals surface area contributed by atoms with E-state index in [1.807, 2.05) is 0 Å². The highest BCUT2D eigenvalue weighted by Gasteiger charge is 2.44. The third kappa shape index (κ3) is 36.1. The van der Waals surface area contributed by atoms with Gasteiger partial charge in [0.05, 0.1) is 19.8 Å². The van der Waals surface area contributed by atoms with E-state index in [0.29, 0.717) is 13.0 Å². The lowest BCUT2D eigenvalue weighted by molar-refractivity contribution is -0.305. The van der Waals surface area contributed by atoms with E-state index in [1.165, 1.54) is 128 Å². The molecule has 0 amide bonds. The highest BCUT2D eigenvalue weighted by Crippen LogP contribution is 2.23. The summed E-state index contributed by atoms with van der Waals surface area (Å²) in [6.07, 6.45) is 52.5. The first-order chi connectivity index (χ1) is 31.4. The summed E-state index contributed by atoms with van der Waals surface area (Å²) in [5.41, 5.74) is 0. The Morgan fingerprint density at radius 2 is 0.953 bits per heavy atom. The minimum Gasteiger partial charge on any atom is -0.457 e. The normalized spacial score (nSPS) is 20.0. The number of aliphatic hydroxyl groups excluding tert-OH is 4. The number of aliphatic hydroxyl groups is 4. The van der Waals surface area contributed by atoms with Crippen molar-refractivity contribution in [1.82, 2.24) is 0 Å². The third-order valence-corrected chi connectivity index (χ3v) is 11.9. The Morgan fingerprint density at radius 3 is 1.45 bits per heavy atom. The molecular formula is C55H98O9. The molecule has 0 aliphatic carbocycles. The minimum absolute atomic E-state index is 0.120. The monoisotopic (exact) mass is 903 g/mol. The van der Waals surface area contributed by atoms with Crippen LogP contribution in [0.15, 0.2) is 60.8 Å². The molecule has 4 N–H and O–H groups in total. The fraction of sp³-hybridized carbons (Fsp3) is 0.800. The average Bonchev–Trinajstić information content (AvgIpc) is 3.30. The number of hydrogen-bond donors (Lipinski definition) is 4. The van der Waals surface area contributed by atoms with Gasteiger partial charge in [-0.3, -0.25) is 4.79 Å². The van der Waals surface area contributed by atoms with Crippen LogP contribution in [0.4, 0.5) is 0 Å². The topological polar surface area (TPSA) is 135 Å². The summed E-state index contributed by atoms with van der Waals surface area (Å²) in [4.78, 5) is 12.9. The zero-order valence-corrected chi connectivity index (χ0v) is 41.0. The van der Waals surface area contributed by atoms with E-state index >= 15 is 0 Å². The fourth-order valence-corrected chi connectivity index (χ4v) is 7.83. The number of ether oxygens (including phenoxy) is 4. The Bertz CT molecular complexity index is 1160. The third-order valence-electron chi connectivity index (χ3n) is 11.9. The molecule has 0 spiro atoms. The maximum Gasteiger partial charge on any atom is 0.306 e. The molecule has 64 heavy (non-hydrogen) atoms. The number of carbonyl (C=O) groups is 1. The van der Waals surface area contributed by atoms with E-state index in [9.17, 15) is 25.2 Å². The average molecular weight is 903 g/mol. The van der Waals surface area contributed by atoms with Gasteiger partial charge < -0.3 is 39.4 Å². The van der Waals surface area contributed by atoms with Crippen molar-refractivity contribution < 1.29 is 44.2 Å². The highest BCUT2D eigenvalue weighted by atomic mass is 16.7. The summed E-state index contributed by atoms with van der Waals surface area (Å²) in [6.45, 7) is 4.44. The number of unbranched alkanes of at least 4 members (excludes halogenated alkanes) is 24. The van der Waals surface area contributed by atoms with Crippen molar-refractivity contribution in [2.24, 2.45) is 0 Å². The second-order valence-electron chi connectivity index (χ2n) is 17.9. The van der Waals surface area contributed by atoms with Crippen LogP contribution in [-0.2, 0) is 23.7 Å². The highest BCUT2D eigenvalue weighted by molar-refractivity contribution is 5.69. The zero-order chi connectivity index (χ0) is 46.4. The van der Waals surface area contributed by atoms with Crippen LogP contribution in [0.1, 0.15) is 219 Å². The van der Waals surface area contributed by atoms with E-state index in [4.69, 9.17) is 18.9 Å². The van der Waals surface area contributed by atoms with Gasteiger partial charge in [-0.05, 0) is 77.0 Å². The van der Waals surface area contributed by atoms with E-state index in [2.05, 4.69) is 74.6 Å². The molecule has 0 radical (unpaired) electrons. The van der Waals surface area contributed by atoms with Crippen molar-refractivity contribution in [2.75, 3.05) is 26.4 Å². The number of rotatable bonds is 45. The lowest BCUT2D eigenvalue weighted by Crippen LogP contribution is -2.59. The lowest BCUT2D eigenvalue weighted by Gasteiger charge is -2.39. The molecule has 1 aliphatic rings. The van der Waals surface area contributed by atoms with Crippen molar-refractivity contribution in [1.29, 1.82) is 0 Å². The van der Waals surface area contributed by atoms with Crippen LogP contribution in [0, 0.1) is 0 Å². The summed E-state index contributed by atoms with van der Waals surface area (Å²) in [7, 11) is 0. The molecule has 6 atom stereocenters. The molecule has 9 nitrogen and oxygen atoms in total. The molecule has 0 aromatic heterocycles. The fourth-order valence-electron chi connectivity index (χ4n) is 7.83.